The van der Waals surface area contributed by atoms with Crippen LogP contribution in [0.2, 0.25) is 0 Å². The summed E-state index contributed by atoms with van der Waals surface area (Å²) in [4.78, 5) is 27.9. The molecule has 0 aliphatic carbocycles. The average molecular weight is 429 g/mol. The van der Waals surface area contributed by atoms with Crippen LogP contribution in [0.4, 0.5) is 10.1 Å². The monoisotopic (exact) mass is 428 g/mol. The van der Waals surface area contributed by atoms with Crippen molar-refractivity contribution in [2.24, 2.45) is 0 Å². The van der Waals surface area contributed by atoms with Crippen molar-refractivity contribution in [1.82, 2.24) is 4.90 Å². The summed E-state index contributed by atoms with van der Waals surface area (Å²) >= 11 is 0. The van der Waals surface area contributed by atoms with E-state index < -0.39 is 5.91 Å². The van der Waals surface area contributed by atoms with Crippen molar-refractivity contribution in [3.05, 3.63) is 107 Å². The topological polar surface area (TPSA) is 49.4 Å². The first-order chi connectivity index (χ1) is 15.3. The van der Waals surface area contributed by atoms with Gasteiger partial charge in [-0.3, -0.25) is 14.5 Å². The number of carbonyl (C=O) groups is 2. The quantitative estimate of drug-likeness (QED) is 0.516. The number of halogens is 1. The van der Waals surface area contributed by atoms with Gasteiger partial charge in [0, 0.05) is 5.69 Å². The maximum atomic E-state index is 13.3. The molecule has 1 heterocycles. The molecule has 0 saturated heterocycles. The Morgan fingerprint density at radius 2 is 1.47 bits per heavy atom. The number of hydrogen-bond acceptors (Lipinski definition) is 3. The van der Waals surface area contributed by atoms with Crippen molar-refractivity contribution in [3.63, 3.8) is 0 Å². The van der Waals surface area contributed by atoms with E-state index in [-0.39, 0.29) is 24.0 Å². The molecule has 1 aliphatic heterocycles. The van der Waals surface area contributed by atoms with E-state index >= 15 is 0 Å². The Balaban J connectivity index is 1.70. The summed E-state index contributed by atoms with van der Waals surface area (Å²) in [5.41, 5.74) is 4.93. The second-order valence-electron chi connectivity index (χ2n) is 8.34. The van der Waals surface area contributed by atoms with Gasteiger partial charge in [0.2, 0.25) is 0 Å². The minimum atomic E-state index is -0.400. The Kier molecular flexibility index (Phi) is 5.91. The van der Waals surface area contributed by atoms with Crippen LogP contribution in [0.15, 0.2) is 78.5 Å². The number of imide groups is 1. The van der Waals surface area contributed by atoms with Gasteiger partial charge in [-0.05, 0) is 53.8 Å². The normalized spacial score (nSPS) is 14.0. The van der Waals surface area contributed by atoms with Gasteiger partial charge in [-0.2, -0.15) is 0 Å². The minimum Gasteiger partial charge on any atom is -0.350 e. The van der Waals surface area contributed by atoms with Gasteiger partial charge in [0.15, 0.2) is 0 Å². The van der Waals surface area contributed by atoms with Crippen LogP contribution in [-0.4, -0.2) is 16.7 Å². The third-order valence-corrected chi connectivity index (χ3v) is 5.61. The van der Waals surface area contributed by atoms with Gasteiger partial charge < -0.3 is 5.32 Å². The molecule has 4 rings (SSSR count). The van der Waals surface area contributed by atoms with Crippen molar-refractivity contribution in [2.75, 3.05) is 5.32 Å². The number of amides is 2. The predicted molar refractivity (Wildman–Crippen MR) is 124 cm³/mol. The highest BCUT2D eigenvalue weighted by molar-refractivity contribution is 6.36. The van der Waals surface area contributed by atoms with E-state index in [1.807, 2.05) is 55.5 Å². The predicted octanol–water partition coefficient (Wildman–Crippen LogP) is 5.65. The summed E-state index contributed by atoms with van der Waals surface area (Å²) in [6.45, 7) is 6.28. The third kappa shape index (κ3) is 4.33. The van der Waals surface area contributed by atoms with Gasteiger partial charge in [-0.25, -0.2) is 4.39 Å². The van der Waals surface area contributed by atoms with Gasteiger partial charge >= 0.3 is 0 Å². The fraction of sp³-hybridized carbons (Fsp3) is 0.185. The zero-order chi connectivity index (χ0) is 22.8. The Bertz CT molecular complexity index is 1180. The lowest BCUT2D eigenvalue weighted by Gasteiger charge is -2.15. The SMILES string of the molecule is Cc1ccc(C2=C(Nc3ccc(C(C)C)cc3)C(=O)N(Cc3ccc(F)cc3)C2=O)cc1. The molecular weight excluding hydrogens is 403 g/mol. The molecule has 32 heavy (non-hydrogen) atoms. The second-order valence-corrected chi connectivity index (χ2v) is 8.34. The van der Waals surface area contributed by atoms with Gasteiger partial charge in [-0.15, -0.1) is 0 Å². The lowest BCUT2D eigenvalue weighted by molar-refractivity contribution is -0.137. The summed E-state index contributed by atoms with van der Waals surface area (Å²) in [6.07, 6.45) is 0. The molecule has 0 fully saturated rings. The van der Waals surface area contributed by atoms with Crippen molar-refractivity contribution in [1.29, 1.82) is 0 Å². The van der Waals surface area contributed by atoms with Crippen LogP contribution in [0.3, 0.4) is 0 Å². The first kappa shape index (κ1) is 21.5. The van der Waals surface area contributed by atoms with Crippen LogP contribution < -0.4 is 5.32 Å². The van der Waals surface area contributed by atoms with Crippen LogP contribution in [0.25, 0.3) is 5.57 Å². The van der Waals surface area contributed by atoms with Gasteiger partial charge in [0.05, 0.1) is 12.1 Å². The molecule has 5 heteroatoms. The van der Waals surface area contributed by atoms with E-state index in [2.05, 4.69) is 19.2 Å². The second kappa shape index (κ2) is 8.79. The third-order valence-electron chi connectivity index (χ3n) is 5.61. The largest absolute Gasteiger partial charge is 0.350 e. The molecule has 4 nitrogen and oxygen atoms in total. The van der Waals surface area contributed by atoms with Crippen molar-refractivity contribution in [2.45, 2.75) is 33.2 Å². The molecule has 3 aromatic rings. The van der Waals surface area contributed by atoms with E-state index in [4.69, 9.17) is 0 Å². The molecule has 0 radical (unpaired) electrons. The highest BCUT2D eigenvalue weighted by Crippen LogP contribution is 2.32. The molecule has 1 N–H and O–H groups in total. The lowest BCUT2D eigenvalue weighted by atomic mass is 10.0. The van der Waals surface area contributed by atoms with E-state index in [0.29, 0.717) is 22.6 Å². The molecule has 1 aliphatic rings. The minimum absolute atomic E-state index is 0.0742. The number of carbonyl (C=O) groups excluding carboxylic acids is 2. The lowest BCUT2D eigenvalue weighted by Crippen LogP contribution is -2.32. The van der Waals surface area contributed by atoms with Crippen LogP contribution >= 0.6 is 0 Å². The maximum absolute atomic E-state index is 13.3. The van der Waals surface area contributed by atoms with Crippen LogP contribution in [0.5, 0.6) is 0 Å². The Hall–Kier alpha value is -3.73. The van der Waals surface area contributed by atoms with Gasteiger partial charge in [0.25, 0.3) is 11.8 Å². The summed E-state index contributed by atoms with van der Waals surface area (Å²) in [6, 6.07) is 21.2. The number of rotatable bonds is 6. The molecule has 0 aromatic heterocycles. The van der Waals surface area contributed by atoms with Gasteiger partial charge in [-0.1, -0.05) is 67.9 Å². The Labute approximate surface area is 187 Å². The van der Waals surface area contributed by atoms with Crippen molar-refractivity contribution in [3.8, 4) is 0 Å². The van der Waals surface area contributed by atoms with E-state index in [1.54, 1.807) is 12.1 Å². The highest BCUT2D eigenvalue weighted by Gasteiger charge is 2.39. The summed E-state index contributed by atoms with van der Waals surface area (Å²) in [5.74, 6) is -0.738. The first-order valence-corrected chi connectivity index (χ1v) is 10.6. The number of anilines is 1. The van der Waals surface area contributed by atoms with Crippen LogP contribution in [0, 0.1) is 12.7 Å². The van der Waals surface area contributed by atoms with E-state index in [1.165, 1.54) is 22.6 Å². The molecule has 0 saturated carbocycles. The number of hydrogen-bond donors (Lipinski definition) is 1. The molecule has 0 bridgehead atoms. The maximum Gasteiger partial charge on any atom is 0.278 e. The summed E-state index contributed by atoms with van der Waals surface area (Å²) in [5, 5.41) is 3.18. The number of nitrogens with one attached hydrogen (secondary N) is 1. The number of aryl methyl sites for hydroxylation is 1. The molecule has 0 unspecified atom stereocenters. The highest BCUT2D eigenvalue weighted by atomic mass is 19.1. The Morgan fingerprint density at radius 3 is 2.06 bits per heavy atom. The smallest absolute Gasteiger partial charge is 0.278 e. The average Bonchev–Trinajstić information content (AvgIpc) is 3.00. The number of nitrogens with zero attached hydrogens (tertiary/aromatic N) is 1. The van der Waals surface area contributed by atoms with Crippen molar-refractivity contribution >= 4 is 23.1 Å². The van der Waals surface area contributed by atoms with E-state index in [0.717, 1.165) is 11.3 Å². The Morgan fingerprint density at radius 1 is 0.844 bits per heavy atom. The van der Waals surface area contributed by atoms with Crippen LogP contribution in [-0.2, 0) is 16.1 Å². The van der Waals surface area contributed by atoms with E-state index in [9.17, 15) is 14.0 Å². The molecule has 0 atom stereocenters. The molecule has 2 amide bonds. The first-order valence-electron chi connectivity index (χ1n) is 10.6. The summed E-state index contributed by atoms with van der Waals surface area (Å²) in [7, 11) is 0. The molecule has 162 valence electrons. The molecule has 3 aromatic carbocycles. The fourth-order valence-electron chi connectivity index (χ4n) is 3.69. The van der Waals surface area contributed by atoms with Crippen LogP contribution in [0.1, 0.15) is 42.0 Å². The number of benzene rings is 3. The fourth-order valence-corrected chi connectivity index (χ4v) is 3.69. The zero-order valence-electron chi connectivity index (χ0n) is 18.4. The standard InChI is InChI=1S/C27H25FN2O2/c1-17(2)20-10-14-23(15-11-20)29-25-24(21-8-4-18(3)5-9-21)26(31)30(27(25)32)16-19-6-12-22(28)13-7-19/h4-15,17,29H,16H2,1-3H3. The molecular formula is C27H25FN2O2. The summed E-state index contributed by atoms with van der Waals surface area (Å²) < 4.78 is 13.3. The van der Waals surface area contributed by atoms with Crippen molar-refractivity contribution < 1.29 is 14.0 Å². The molecule has 0 spiro atoms. The zero-order valence-corrected chi connectivity index (χ0v) is 18.4. The van der Waals surface area contributed by atoms with Gasteiger partial charge in [0.1, 0.15) is 11.5 Å².